The number of H-pyrrole nitrogens is 1. The number of rotatable bonds is 10. The van der Waals surface area contributed by atoms with Crippen molar-refractivity contribution in [3.63, 3.8) is 0 Å². The Morgan fingerprint density at radius 2 is 1.81 bits per heavy atom. The summed E-state index contributed by atoms with van der Waals surface area (Å²) in [5.74, 6) is -0.0831. The molecule has 0 aliphatic carbocycles. The Morgan fingerprint density at radius 3 is 2.40 bits per heavy atom. The third-order valence-electron chi connectivity index (χ3n) is 6.58. The topological polar surface area (TPSA) is 194 Å². The van der Waals surface area contributed by atoms with Gasteiger partial charge in [0.25, 0.3) is 0 Å². The SMILES string of the molecule is CCCc1nc(C(C)(C)O)c(C(=O)OCc2oc(=O)oc2C)n1Cc1ccc(-c2ccccc2-c2nn[nH]n2)cc1.O. The van der Waals surface area contributed by atoms with Crippen LogP contribution in [0.1, 0.15) is 66.3 Å². The Morgan fingerprint density at radius 1 is 1.10 bits per heavy atom. The van der Waals surface area contributed by atoms with Crippen molar-refractivity contribution in [1.29, 1.82) is 0 Å². The van der Waals surface area contributed by atoms with Crippen LogP contribution in [0, 0.1) is 6.92 Å². The summed E-state index contributed by atoms with van der Waals surface area (Å²) < 4.78 is 17.1. The molecule has 0 spiro atoms. The van der Waals surface area contributed by atoms with Crippen LogP contribution in [0.15, 0.2) is 62.2 Å². The van der Waals surface area contributed by atoms with E-state index in [0.29, 0.717) is 24.6 Å². The molecule has 220 valence electrons. The van der Waals surface area contributed by atoms with E-state index in [4.69, 9.17) is 13.6 Å². The van der Waals surface area contributed by atoms with Crippen LogP contribution in [0.25, 0.3) is 22.5 Å². The van der Waals surface area contributed by atoms with E-state index in [9.17, 15) is 14.7 Å². The van der Waals surface area contributed by atoms with Gasteiger partial charge in [-0.3, -0.25) is 0 Å². The van der Waals surface area contributed by atoms with Crippen LogP contribution in [-0.4, -0.2) is 46.7 Å². The number of aliphatic hydroxyl groups is 1. The minimum atomic E-state index is -1.41. The molecular weight excluding hydrogens is 544 g/mol. The van der Waals surface area contributed by atoms with Gasteiger partial charge >= 0.3 is 11.8 Å². The van der Waals surface area contributed by atoms with E-state index in [-0.39, 0.29) is 35.0 Å². The van der Waals surface area contributed by atoms with Crippen LogP contribution >= 0.6 is 0 Å². The fraction of sp³-hybridized carbons (Fsp3) is 0.310. The zero-order valence-corrected chi connectivity index (χ0v) is 23.7. The van der Waals surface area contributed by atoms with Crippen molar-refractivity contribution in [2.75, 3.05) is 0 Å². The van der Waals surface area contributed by atoms with Gasteiger partial charge in [-0.15, -0.1) is 10.2 Å². The lowest BCUT2D eigenvalue weighted by Gasteiger charge is -2.17. The van der Waals surface area contributed by atoms with Gasteiger partial charge in [-0.1, -0.05) is 55.5 Å². The van der Waals surface area contributed by atoms with E-state index in [2.05, 4.69) is 25.6 Å². The van der Waals surface area contributed by atoms with Crippen molar-refractivity contribution < 1.29 is 28.9 Å². The van der Waals surface area contributed by atoms with Gasteiger partial charge in [0.15, 0.2) is 23.8 Å². The number of nitrogens with one attached hydrogen (secondary N) is 1. The number of imidazole rings is 1. The summed E-state index contributed by atoms with van der Waals surface area (Å²) in [6.45, 7) is 6.72. The molecule has 5 aromatic rings. The number of tetrazole rings is 1. The van der Waals surface area contributed by atoms with E-state index >= 15 is 0 Å². The second-order valence-electron chi connectivity index (χ2n) is 10.1. The van der Waals surface area contributed by atoms with Gasteiger partial charge in [0.2, 0.25) is 5.82 Å². The summed E-state index contributed by atoms with van der Waals surface area (Å²) in [6.07, 6.45) is 1.37. The monoisotopic (exact) mass is 576 g/mol. The molecule has 4 N–H and O–H groups in total. The first-order chi connectivity index (χ1) is 19.7. The van der Waals surface area contributed by atoms with E-state index in [1.807, 2.05) is 55.5 Å². The Bertz CT molecular complexity index is 1710. The molecular formula is C29H32N6O7. The molecule has 42 heavy (non-hydrogen) atoms. The van der Waals surface area contributed by atoms with Gasteiger partial charge in [-0.2, -0.15) is 5.21 Å². The standard InChI is InChI=1S/C29H30N6O6.H2O/c1-5-8-23-30-25(29(3,4)38)24(27(36)39-16-22-17(2)40-28(37)41-22)35(23)15-18-11-13-19(14-12-18)20-9-6-7-10-21(20)26-31-33-34-32-26;/h6-7,9-14,38H,5,8,15-16H2,1-4H3,(H,31,32,33,34);1H2. The summed E-state index contributed by atoms with van der Waals surface area (Å²) in [6, 6.07) is 15.7. The highest BCUT2D eigenvalue weighted by molar-refractivity contribution is 5.89. The predicted molar refractivity (Wildman–Crippen MR) is 150 cm³/mol. The average molecular weight is 577 g/mol. The van der Waals surface area contributed by atoms with Crippen LogP contribution in [0.4, 0.5) is 0 Å². The molecule has 0 fully saturated rings. The number of hydrogen-bond acceptors (Lipinski definition) is 10. The minimum absolute atomic E-state index is 0. The molecule has 0 unspecified atom stereocenters. The molecule has 3 heterocycles. The second kappa shape index (κ2) is 12.3. The summed E-state index contributed by atoms with van der Waals surface area (Å²) >= 11 is 0. The quantitative estimate of drug-likeness (QED) is 0.233. The molecule has 0 bridgehead atoms. The maximum Gasteiger partial charge on any atom is 0.519 e. The molecule has 0 saturated heterocycles. The van der Waals surface area contributed by atoms with E-state index in [1.54, 1.807) is 25.3 Å². The number of ether oxygens (including phenoxy) is 1. The van der Waals surface area contributed by atoms with Crippen molar-refractivity contribution in [2.24, 2.45) is 0 Å². The van der Waals surface area contributed by atoms with Gasteiger partial charge in [0.05, 0.1) is 0 Å². The molecule has 0 radical (unpaired) electrons. The Balaban J connectivity index is 0.00000405. The summed E-state index contributed by atoms with van der Waals surface area (Å²) in [5.41, 5.74) is 2.60. The maximum atomic E-state index is 13.5. The first-order valence-corrected chi connectivity index (χ1v) is 13.2. The summed E-state index contributed by atoms with van der Waals surface area (Å²) in [4.78, 5) is 29.5. The van der Waals surface area contributed by atoms with Crippen LogP contribution in [-0.2, 0) is 29.9 Å². The first kappa shape index (κ1) is 30.1. The number of nitrogens with zero attached hydrogens (tertiary/aromatic N) is 5. The number of aryl methyl sites for hydroxylation is 2. The molecule has 0 amide bonds. The van der Waals surface area contributed by atoms with Crippen LogP contribution in [0.3, 0.4) is 0 Å². The van der Waals surface area contributed by atoms with E-state index < -0.39 is 17.4 Å². The van der Waals surface area contributed by atoms with Gasteiger partial charge in [0.1, 0.15) is 17.1 Å². The number of carbonyl (C=O) groups excluding carboxylic acids is 1. The Hall–Kier alpha value is -4.88. The van der Waals surface area contributed by atoms with Crippen molar-refractivity contribution in [3.8, 4) is 22.5 Å². The lowest BCUT2D eigenvalue weighted by Crippen LogP contribution is -2.23. The summed E-state index contributed by atoms with van der Waals surface area (Å²) in [7, 11) is 0. The third-order valence-corrected chi connectivity index (χ3v) is 6.58. The highest BCUT2D eigenvalue weighted by Gasteiger charge is 2.33. The largest absolute Gasteiger partial charge is 0.519 e. The zero-order valence-electron chi connectivity index (χ0n) is 23.7. The van der Waals surface area contributed by atoms with E-state index in [0.717, 1.165) is 28.7 Å². The van der Waals surface area contributed by atoms with Crippen LogP contribution in [0.2, 0.25) is 0 Å². The highest BCUT2D eigenvalue weighted by Crippen LogP contribution is 2.31. The highest BCUT2D eigenvalue weighted by atomic mass is 16.6. The fourth-order valence-electron chi connectivity index (χ4n) is 4.60. The van der Waals surface area contributed by atoms with Crippen LogP contribution < -0.4 is 5.82 Å². The van der Waals surface area contributed by atoms with Gasteiger partial charge in [-0.05, 0) is 49.1 Å². The number of aromatic nitrogens is 6. The van der Waals surface area contributed by atoms with Crippen molar-refractivity contribution >= 4 is 5.97 Å². The number of aromatic amines is 1. The van der Waals surface area contributed by atoms with Crippen molar-refractivity contribution in [2.45, 2.75) is 59.3 Å². The average Bonchev–Trinajstić information content (AvgIpc) is 3.67. The molecule has 0 saturated carbocycles. The van der Waals surface area contributed by atoms with Crippen molar-refractivity contribution in [1.82, 2.24) is 30.2 Å². The van der Waals surface area contributed by atoms with Gasteiger partial charge in [0, 0.05) is 18.5 Å². The van der Waals surface area contributed by atoms with Gasteiger partial charge < -0.3 is 28.7 Å². The molecule has 0 atom stereocenters. The van der Waals surface area contributed by atoms with Crippen molar-refractivity contribution in [3.05, 3.63) is 93.4 Å². The zero-order chi connectivity index (χ0) is 29.1. The predicted octanol–water partition coefficient (Wildman–Crippen LogP) is 3.35. The summed E-state index contributed by atoms with van der Waals surface area (Å²) in [5, 5.41) is 25.3. The normalized spacial score (nSPS) is 11.4. The van der Waals surface area contributed by atoms with E-state index in [1.165, 1.54) is 0 Å². The third kappa shape index (κ3) is 6.21. The molecule has 0 aliphatic rings. The Labute approximate surface area is 240 Å². The second-order valence-corrected chi connectivity index (χ2v) is 10.1. The van der Waals surface area contributed by atoms with Gasteiger partial charge in [-0.25, -0.2) is 14.6 Å². The maximum absolute atomic E-state index is 13.5. The Kier molecular flexibility index (Phi) is 8.83. The molecule has 13 heteroatoms. The van der Waals surface area contributed by atoms with Crippen LogP contribution in [0.5, 0.6) is 0 Å². The number of carbonyl (C=O) groups is 1. The number of benzene rings is 2. The fourth-order valence-corrected chi connectivity index (χ4v) is 4.60. The number of esters is 1. The molecule has 13 nitrogen and oxygen atoms in total. The minimum Gasteiger partial charge on any atom is -0.453 e. The molecule has 3 aromatic heterocycles. The smallest absolute Gasteiger partial charge is 0.453 e. The lowest BCUT2D eigenvalue weighted by molar-refractivity contribution is 0.0395. The lowest BCUT2D eigenvalue weighted by atomic mass is 9.98. The molecule has 5 rings (SSSR count). The first-order valence-electron chi connectivity index (χ1n) is 13.2. The number of hydrogen-bond donors (Lipinski definition) is 2. The molecule has 0 aliphatic heterocycles. The molecule has 2 aromatic carbocycles.